The molecule has 3 rings (SSSR count). The number of halogens is 3. The van der Waals surface area contributed by atoms with Crippen molar-refractivity contribution in [1.82, 2.24) is 24.6 Å². The number of hydrogen-bond acceptors (Lipinski definition) is 4. The van der Waals surface area contributed by atoms with Gasteiger partial charge in [0.25, 0.3) is 5.56 Å². The molecular weight excluding hydrogens is 323 g/mol. The molecule has 0 radical (unpaired) electrons. The number of aryl methyl sites for hydroxylation is 1. The topological polar surface area (TPSA) is 66.8 Å². The quantitative estimate of drug-likeness (QED) is 0.928. The minimum atomic E-state index is -4.10. The molecule has 0 saturated carbocycles. The van der Waals surface area contributed by atoms with E-state index in [1.807, 2.05) is 4.90 Å². The molecular formula is C15H18F3N5O. The van der Waals surface area contributed by atoms with Crippen LogP contribution >= 0.6 is 0 Å². The minimum Gasteiger partial charge on any atom is -0.311 e. The first-order valence-corrected chi connectivity index (χ1v) is 7.72. The molecule has 1 fully saturated rings. The van der Waals surface area contributed by atoms with Crippen molar-refractivity contribution < 1.29 is 13.2 Å². The van der Waals surface area contributed by atoms with Crippen molar-refractivity contribution in [3.05, 3.63) is 40.2 Å². The Labute approximate surface area is 136 Å². The van der Waals surface area contributed by atoms with Crippen LogP contribution < -0.4 is 5.56 Å². The van der Waals surface area contributed by atoms with Gasteiger partial charge in [-0.15, -0.1) is 0 Å². The smallest absolute Gasteiger partial charge is 0.311 e. The summed E-state index contributed by atoms with van der Waals surface area (Å²) in [7, 11) is 0. The zero-order valence-corrected chi connectivity index (χ0v) is 13.2. The molecule has 0 atom stereocenters. The Kier molecular flexibility index (Phi) is 4.44. The predicted octanol–water partition coefficient (Wildman–Crippen LogP) is 2.04. The first kappa shape index (κ1) is 16.7. The molecule has 0 unspecified atom stereocenters. The minimum absolute atomic E-state index is 0.131. The highest BCUT2D eigenvalue weighted by molar-refractivity contribution is 5.21. The predicted molar refractivity (Wildman–Crippen MR) is 80.8 cm³/mol. The van der Waals surface area contributed by atoms with Gasteiger partial charge in [-0.3, -0.25) is 9.69 Å². The summed E-state index contributed by atoms with van der Waals surface area (Å²) in [5.41, 5.74) is 0.615. The van der Waals surface area contributed by atoms with E-state index in [1.54, 1.807) is 19.3 Å². The second-order valence-electron chi connectivity index (χ2n) is 6.07. The summed E-state index contributed by atoms with van der Waals surface area (Å²) in [5.74, 6) is -0.290. The van der Waals surface area contributed by atoms with Crippen LogP contribution in [-0.4, -0.2) is 43.9 Å². The monoisotopic (exact) mass is 341 g/mol. The summed E-state index contributed by atoms with van der Waals surface area (Å²) in [6.07, 6.45) is -0.440. The summed E-state index contributed by atoms with van der Waals surface area (Å²) in [6, 6.07) is 1.35. The fraction of sp³-hybridized carbons (Fsp3) is 0.533. The van der Waals surface area contributed by atoms with Crippen molar-refractivity contribution in [1.29, 1.82) is 0 Å². The second-order valence-corrected chi connectivity index (χ2v) is 6.07. The molecule has 0 amide bonds. The summed E-state index contributed by atoms with van der Waals surface area (Å²) in [4.78, 5) is 20.2. The van der Waals surface area contributed by atoms with E-state index in [2.05, 4.69) is 15.1 Å². The number of H-pyrrole nitrogens is 1. The van der Waals surface area contributed by atoms with Crippen LogP contribution in [0.1, 0.15) is 24.2 Å². The summed E-state index contributed by atoms with van der Waals surface area (Å²) < 4.78 is 39.6. The van der Waals surface area contributed by atoms with Crippen LogP contribution in [0.3, 0.4) is 0 Å². The Morgan fingerprint density at radius 1 is 1.33 bits per heavy atom. The van der Waals surface area contributed by atoms with E-state index in [9.17, 15) is 18.0 Å². The molecule has 1 aliphatic heterocycles. The zero-order valence-electron chi connectivity index (χ0n) is 13.2. The molecule has 0 spiro atoms. The van der Waals surface area contributed by atoms with Gasteiger partial charge in [-0.2, -0.15) is 18.3 Å². The standard InChI is InChI=1S/C15H18F3N5O/c1-10-20-13(6-14(24)21-10)23-9-11(7-19-23)8-22-4-2-12(3-5-22)15(16,17)18/h6-7,9,12H,2-5,8H2,1H3,(H,20,21,24). The van der Waals surface area contributed by atoms with E-state index >= 15 is 0 Å². The van der Waals surface area contributed by atoms with Crippen molar-refractivity contribution in [3.8, 4) is 5.82 Å². The van der Waals surface area contributed by atoms with Gasteiger partial charge in [-0.05, 0) is 32.9 Å². The largest absolute Gasteiger partial charge is 0.391 e. The van der Waals surface area contributed by atoms with Crippen LogP contribution in [0, 0.1) is 12.8 Å². The molecule has 1 aliphatic rings. The number of aromatic amines is 1. The van der Waals surface area contributed by atoms with E-state index in [1.165, 1.54) is 10.7 Å². The SMILES string of the molecule is Cc1nc(-n2cc(CN3CCC(C(F)(F)F)CC3)cn2)cc(=O)[nH]1. The van der Waals surface area contributed by atoms with Crippen molar-refractivity contribution in [2.24, 2.45) is 5.92 Å². The summed E-state index contributed by atoms with van der Waals surface area (Å²) in [6.45, 7) is 3.04. The third-order valence-electron chi connectivity index (χ3n) is 4.17. The maximum atomic E-state index is 12.7. The number of alkyl halides is 3. The van der Waals surface area contributed by atoms with Gasteiger partial charge in [0.1, 0.15) is 5.82 Å². The molecule has 6 nitrogen and oxygen atoms in total. The lowest BCUT2D eigenvalue weighted by molar-refractivity contribution is -0.185. The van der Waals surface area contributed by atoms with Gasteiger partial charge in [-0.25, -0.2) is 9.67 Å². The molecule has 0 bridgehead atoms. The summed E-state index contributed by atoms with van der Waals surface area (Å²) in [5, 5.41) is 4.18. The normalized spacial score (nSPS) is 17.3. The number of hydrogen-bond donors (Lipinski definition) is 1. The van der Waals surface area contributed by atoms with Gasteiger partial charge in [0.15, 0.2) is 5.82 Å². The van der Waals surface area contributed by atoms with Crippen molar-refractivity contribution in [2.45, 2.75) is 32.5 Å². The highest BCUT2D eigenvalue weighted by atomic mass is 19.4. The number of aromatic nitrogens is 4. The number of piperidine rings is 1. The lowest BCUT2D eigenvalue weighted by Gasteiger charge is -2.32. The second kappa shape index (κ2) is 6.39. The van der Waals surface area contributed by atoms with E-state index in [4.69, 9.17) is 0 Å². The molecule has 3 heterocycles. The van der Waals surface area contributed by atoms with E-state index < -0.39 is 12.1 Å². The highest BCUT2D eigenvalue weighted by Crippen LogP contribution is 2.34. The Morgan fingerprint density at radius 3 is 2.67 bits per heavy atom. The first-order valence-electron chi connectivity index (χ1n) is 7.72. The third kappa shape index (κ3) is 3.84. The van der Waals surface area contributed by atoms with Crippen LogP contribution in [0.25, 0.3) is 5.82 Å². The molecule has 24 heavy (non-hydrogen) atoms. The van der Waals surface area contributed by atoms with Crippen LogP contribution in [-0.2, 0) is 6.54 Å². The number of likely N-dealkylation sites (tertiary alicyclic amines) is 1. The van der Waals surface area contributed by atoms with Gasteiger partial charge in [0.05, 0.1) is 12.1 Å². The van der Waals surface area contributed by atoms with Crippen molar-refractivity contribution in [3.63, 3.8) is 0 Å². The van der Waals surface area contributed by atoms with Gasteiger partial charge >= 0.3 is 6.18 Å². The molecule has 9 heteroatoms. The van der Waals surface area contributed by atoms with Gasteiger partial charge < -0.3 is 4.98 Å². The third-order valence-corrected chi connectivity index (χ3v) is 4.17. The Bertz CT molecular complexity index is 759. The first-order chi connectivity index (χ1) is 11.3. The Morgan fingerprint density at radius 2 is 2.04 bits per heavy atom. The molecule has 1 saturated heterocycles. The van der Waals surface area contributed by atoms with Gasteiger partial charge in [-0.1, -0.05) is 0 Å². The van der Waals surface area contributed by atoms with E-state index in [0.717, 1.165) is 5.56 Å². The number of rotatable bonds is 3. The number of nitrogens with zero attached hydrogens (tertiary/aromatic N) is 4. The van der Waals surface area contributed by atoms with Crippen LogP contribution in [0.4, 0.5) is 13.2 Å². The highest BCUT2D eigenvalue weighted by Gasteiger charge is 2.40. The average molecular weight is 341 g/mol. The van der Waals surface area contributed by atoms with Gasteiger partial charge in [0, 0.05) is 24.4 Å². The molecule has 130 valence electrons. The zero-order chi connectivity index (χ0) is 17.3. The van der Waals surface area contributed by atoms with Crippen LogP contribution in [0.5, 0.6) is 0 Å². The Hall–Kier alpha value is -2.16. The maximum absolute atomic E-state index is 12.7. The molecule has 2 aromatic heterocycles. The summed E-state index contributed by atoms with van der Waals surface area (Å²) >= 11 is 0. The van der Waals surface area contributed by atoms with E-state index in [0.29, 0.717) is 31.3 Å². The van der Waals surface area contributed by atoms with Crippen LogP contribution in [0.15, 0.2) is 23.3 Å². The van der Waals surface area contributed by atoms with Crippen molar-refractivity contribution >= 4 is 0 Å². The molecule has 2 aromatic rings. The molecule has 1 N–H and O–H groups in total. The lowest BCUT2D eigenvalue weighted by atomic mass is 9.96. The average Bonchev–Trinajstić information content (AvgIpc) is 2.94. The Balaban J connectivity index is 1.64. The fourth-order valence-corrected chi connectivity index (χ4v) is 2.92. The van der Waals surface area contributed by atoms with E-state index in [-0.39, 0.29) is 18.4 Å². The van der Waals surface area contributed by atoms with Crippen LogP contribution in [0.2, 0.25) is 0 Å². The molecule has 0 aliphatic carbocycles. The lowest BCUT2D eigenvalue weighted by Crippen LogP contribution is -2.38. The molecule has 0 aromatic carbocycles. The maximum Gasteiger partial charge on any atom is 0.391 e. The number of nitrogens with one attached hydrogen (secondary N) is 1. The van der Waals surface area contributed by atoms with Gasteiger partial charge in [0.2, 0.25) is 0 Å². The van der Waals surface area contributed by atoms with Crippen molar-refractivity contribution in [2.75, 3.05) is 13.1 Å². The fourth-order valence-electron chi connectivity index (χ4n) is 2.92.